The standard InChI is InChI=1S/C22H26N4O3S/c1-21-9-15(10-22(2,12-21)18(11-21)28-3)29-20-25-24-19(30-20)16-5-4-14(8-17(16)27)26-7-6-23-13-26/h4-8,13,15,18,27H,9-12H2,1-3H3/t15-,18+,21+,22+/m0/s1. The summed E-state index contributed by atoms with van der Waals surface area (Å²) in [4.78, 5) is 4.04. The van der Waals surface area contributed by atoms with E-state index >= 15 is 0 Å². The molecule has 2 aromatic heterocycles. The monoisotopic (exact) mass is 426 g/mol. The van der Waals surface area contributed by atoms with Gasteiger partial charge < -0.3 is 19.1 Å². The Bertz CT molecular complexity index is 1050. The number of aromatic nitrogens is 4. The van der Waals surface area contributed by atoms with Crippen LogP contribution >= 0.6 is 11.3 Å². The first-order valence-electron chi connectivity index (χ1n) is 10.2. The van der Waals surface area contributed by atoms with Crippen LogP contribution in [-0.2, 0) is 4.74 Å². The molecule has 0 radical (unpaired) electrons. The third-order valence-electron chi connectivity index (χ3n) is 6.67. The molecule has 0 amide bonds. The molecular weight excluding hydrogens is 400 g/mol. The molecule has 2 bridgehead atoms. The number of hydrogen-bond donors (Lipinski definition) is 1. The molecule has 4 atom stereocenters. The van der Waals surface area contributed by atoms with Crippen molar-refractivity contribution in [1.82, 2.24) is 19.7 Å². The predicted molar refractivity (Wildman–Crippen MR) is 114 cm³/mol. The molecule has 8 heteroatoms. The number of rotatable bonds is 5. The average Bonchev–Trinajstić information content (AvgIpc) is 3.40. The molecule has 2 heterocycles. The highest BCUT2D eigenvalue weighted by Gasteiger charge is 2.56. The Morgan fingerprint density at radius 2 is 2.07 bits per heavy atom. The zero-order valence-corrected chi connectivity index (χ0v) is 18.2. The van der Waals surface area contributed by atoms with Crippen LogP contribution in [0.5, 0.6) is 10.9 Å². The minimum atomic E-state index is 0.104. The molecule has 2 aliphatic carbocycles. The summed E-state index contributed by atoms with van der Waals surface area (Å²) in [7, 11) is 1.82. The third kappa shape index (κ3) is 3.37. The molecule has 2 saturated carbocycles. The number of ether oxygens (including phenoxy) is 2. The van der Waals surface area contributed by atoms with Gasteiger partial charge in [0.2, 0.25) is 0 Å². The van der Waals surface area contributed by atoms with Gasteiger partial charge in [-0.1, -0.05) is 30.3 Å². The van der Waals surface area contributed by atoms with Gasteiger partial charge in [0.15, 0.2) is 5.01 Å². The van der Waals surface area contributed by atoms with Crippen molar-refractivity contribution >= 4 is 11.3 Å². The van der Waals surface area contributed by atoms with E-state index in [9.17, 15) is 5.11 Å². The lowest BCUT2D eigenvalue weighted by Crippen LogP contribution is -2.38. The van der Waals surface area contributed by atoms with Crippen molar-refractivity contribution in [3.63, 3.8) is 0 Å². The summed E-state index contributed by atoms with van der Waals surface area (Å²) in [5, 5.41) is 20.2. The van der Waals surface area contributed by atoms with Crippen LogP contribution in [0.4, 0.5) is 0 Å². The molecule has 0 spiro atoms. The second-order valence-electron chi connectivity index (χ2n) is 9.26. The fourth-order valence-electron chi connectivity index (χ4n) is 5.59. The van der Waals surface area contributed by atoms with Crippen molar-refractivity contribution in [1.29, 1.82) is 0 Å². The minimum Gasteiger partial charge on any atom is -0.507 e. The number of nitrogens with zero attached hydrogens (tertiary/aromatic N) is 4. The molecule has 1 aromatic carbocycles. The third-order valence-corrected chi connectivity index (χ3v) is 7.52. The van der Waals surface area contributed by atoms with E-state index in [2.05, 4.69) is 29.0 Å². The largest absolute Gasteiger partial charge is 0.507 e. The number of phenolic OH excluding ortho intramolecular Hbond substituents is 1. The highest BCUT2D eigenvalue weighted by Crippen LogP contribution is 2.59. The van der Waals surface area contributed by atoms with Crippen LogP contribution in [0.3, 0.4) is 0 Å². The molecule has 0 unspecified atom stereocenters. The first kappa shape index (κ1) is 19.5. The molecule has 1 N–H and O–H groups in total. The first-order valence-corrected chi connectivity index (χ1v) is 11.0. The number of benzene rings is 1. The van der Waals surface area contributed by atoms with Gasteiger partial charge in [-0.05, 0) is 48.6 Å². The van der Waals surface area contributed by atoms with E-state index < -0.39 is 0 Å². The number of methoxy groups -OCH3 is 1. The van der Waals surface area contributed by atoms with Crippen LogP contribution in [0.1, 0.15) is 39.5 Å². The molecule has 5 rings (SSSR count). The topological polar surface area (TPSA) is 82.3 Å². The van der Waals surface area contributed by atoms with E-state index in [4.69, 9.17) is 9.47 Å². The lowest BCUT2D eigenvalue weighted by Gasteiger charge is -2.40. The van der Waals surface area contributed by atoms with Crippen LogP contribution in [0, 0.1) is 10.8 Å². The van der Waals surface area contributed by atoms with Crippen LogP contribution in [0.25, 0.3) is 16.3 Å². The van der Waals surface area contributed by atoms with Gasteiger partial charge in [-0.2, -0.15) is 0 Å². The van der Waals surface area contributed by atoms with Crippen molar-refractivity contribution in [2.45, 2.75) is 51.7 Å². The van der Waals surface area contributed by atoms with Crippen molar-refractivity contribution < 1.29 is 14.6 Å². The van der Waals surface area contributed by atoms with Gasteiger partial charge in [-0.3, -0.25) is 0 Å². The van der Waals surface area contributed by atoms with E-state index in [-0.39, 0.29) is 28.8 Å². The Labute approximate surface area is 179 Å². The summed E-state index contributed by atoms with van der Waals surface area (Å²) < 4.78 is 13.9. The highest BCUT2D eigenvalue weighted by molar-refractivity contribution is 7.16. The Balaban J connectivity index is 1.33. The van der Waals surface area contributed by atoms with Gasteiger partial charge in [-0.25, -0.2) is 4.98 Å². The van der Waals surface area contributed by atoms with Crippen molar-refractivity contribution in [2.24, 2.45) is 10.8 Å². The zero-order chi connectivity index (χ0) is 20.9. The van der Waals surface area contributed by atoms with Crippen LogP contribution < -0.4 is 4.74 Å². The summed E-state index contributed by atoms with van der Waals surface area (Å²) >= 11 is 1.37. The second kappa shape index (κ2) is 7.06. The van der Waals surface area contributed by atoms with Crippen LogP contribution in [0.15, 0.2) is 36.9 Å². The number of imidazole rings is 1. The number of aromatic hydroxyl groups is 1. The lowest BCUT2D eigenvalue weighted by atomic mass is 9.69. The van der Waals surface area contributed by atoms with E-state index in [1.54, 1.807) is 18.6 Å². The van der Waals surface area contributed by atoms with Gasteiger partial charge in [0.25, 0.3) is 5.19 Å². The quantitative estimate of drug-likeness (QED) is 0.649. The van der Waals surface area contributed by atoms with E-state index in [0.29, 0.717) is 15.8 Å². The van der Waals surface area contributed by atoms with Gasteiger partial charge in [-0.15, -0.1) is 5.10 Å². The predicted octanol–water partition coefficient (Wildman–Crippen LogP) is 4.46. The Morgan fingerprint density at radius 1 is 1.20 bits per heavy atom. The summed E-state index contributed by atoms with van der Waals surface area (Å²) in [5.74, 6) is 0.155. The Morgan fingerprint density at radius 3 is 2.80 bits per heavy atom. The zero-order valence-electron chi connectivity index (χ0n) is 17.4. The fourth-order valence-corrected chi connectivity index (χ4v) is 6.38. The summed E-state index contributed by atoms with van der Waals surface area (Å²) in [6.07, 6.45) is 9.83. The van der Waals surface area contributed by atoms with E-state index in [0.717, 1.165) is 24.9 Å². The maximum absolute atomic E-state index is 10.5. The van der Waals surface area contributed by atoms with Crippen molar-refractivity contribution in [2.75, 3.05) is 7.11 Å². The maximum atomic E-state index is 10.5. The van der Waals surface area contributed by atoms with Gasteiger partial charge in [0.1, 0.15) is 11.9 Å². The molecule has 2 aliphatic rings. The SMILES string of the molecule is CO[C@@H]1C[C@@]2(C)C[C@H](Oc3nnc(-c4ccc(-n5ccnc5)cc4O)s3)C[C@]1(C)C2. The summed E-state index contributed by atoms with van der Waals surface area (Å²) in [6, 6.07) is 5.47. The highest BCUT2D eigenvalue weighted by atomic mass is 32.1. The van der Waals surface area contributed by atoms with Crippen molar-refractivity contribution in [3.8, 4) is 27.2 Å². The molecular formula is C22H26N4O3S. The normalized spacial score (nSPS) is 30.5. The lowest BCUT2D eigenvalue weighted by molar-refractivity contribution is -0.0140. The molecule has 3 aromatic rings. The summed E-state index contributed by atoms with van der Waals surface area (Å²) in [6.45, 7) is 4.65. The van der Waals surface area contributed by atoms with Crippen molar-refractivity contribution in [3.05, 3.63) is 36.9 Å². The van der Waals surface area contributed by atoms with Gasteiger partial charge >= 0.3 is 0 Å². The molecule has 158 valence electrons. The van der Waals surface area contributed by atoms with Gasteiger partial charge in [0, 0.05) is 25.6 Å². The minimum absolute atomic E-state index is 0.104. The molecule has 0 saturated heterocycles. The number of fused-ring (bicyclic) bond motifs is 2. The maximum Gasteiger partial charge on any atom is 0.294 e. The van der Waals surface area contributed by atoms with Crippen LogP contribution in [-0.4, -0.2) is 44.2 Å². The smallest absolute Gasteiger partial charge is 0.294 e. The fraction of sp³-hybridized carbons (Fsp3) is 0.500. The van der Waals surface area contributed by atoms with Gasteiger partial charge in [0.05, 0.1) is 23.7 Å². The first-order chi connectivity index (χ1) is 14.4. The van der Waals surface area contributed by atoms with Crippen LogP contribution in [0.2, 0.25) is 0 Å². The van der Waals surface area contributed by atoms with E-state index in [1.807, 2.05) is 30.0 Å². The molecule has 2 fully saturated rings. The summed E-state index contributed by atoms with van der Waals surface area (Å²) in [5.41, 5.74) is 1.86. The average molecular weight is 427 g/mol. The molecule has 0 aliphatic heterocycles. The number of hydrogen-bond acceptors (Lipinski definition) is 7. The molecule has 7 nitrogen and oxygen atoms in total. The Hall–Kier alpha value is -2.45. The molecule has 30 heavy (non-hydrogen) atoms. The Kier molecular flexibility index (Phi) is 4.59. The second-order valence-corrected chi connectivity index (χ2v) is 10.2. The van der Waals surface area contributed by atoms with E-state index in [1.165, 1.54) is 17.8 Å². The number of phenols is 1.